The molecular weight excluding hydrogens is 326 g/mol. The molecule has 4 nitrogen and oxygen atoms in total. The van der Waals surface area contributed by atoms with Gasteiger partial charge in [-0.3, -0.25) is 9.59 Å². The van der Waals surface area contributed by atoms with Crippen molar-refractivity contribution in [3.8, 4) is 0 Å². The minimum atomic E-state index is -1.15. The van der Waals surface area contributed by atoms with E-state index in [1.165, 1.54) is 0 Å². The summed E-state index contributed by atoms with van der Waals surface area (Å²) in [5, 5.41) is 0. The van der Waals surface area contributed by atoms with Gasteiger partial charge in [0.25, 0.3) is 0 Å². The summed E-state index contributed by atoms with van der Waals surface area (Å²) in [5.41, 5.74) is -0.228. The van der Waals surface area contributed by atoms with Gasteiger partial charge in [0.15, 0.2) is 0 Å². The third-order valence-electron chi connectivity index (χ3n) is 4.94. The van der Waals surface area contributed by atoms with Crippen LogP contribution in [0.2, 0.25) is 0 Å². The molecule has 0 spiro atoms. The fraction of sp³-hybridized carbons (Fsp3) is 0.636. The lowest BCUT2D eigenvalue weighted by molar-refractivity contribution is -0.167. The van der Waals surface area contributed by atoms with Gasteiger partial charge >= 0.3 is 5.97 Å². The molecule has 0 radical (unpaired) electrons. The molecule has 1 aromatic rings. The molecule has 1 aromatic carbocycles. The highest BCUT2D eigenvalue weighted by molar-refractivity contribution is 6.02. The summed E-state index contributed by atoms with van der Waals surface area (Å²) in [5.74, 6) is -0.321. The summed E-state index contributed by atoms with van der Waals surface area (Å²) in [6.45, 7) is 12.7. The first kappa shape index (κ1) is 22.2. The largest absolute Gasteiger partial charge is 0.460 e. The van der Waals surface area contributed by atoms with Gasteiger partial charge in [0.2, 0.25) is 5.91 Å². The maximum Gasteiger partial charge on any atom is 0.321 e. The van der Waals surface area contributed by atoms with E-state index in [0.29, 0.717) is 13.0 Å². The Balaban J connectivity index is 3.03. The lowest BCUT2D eigenvalue weighted by atomic mass is 9.80. The molecule has 0 aliphatic heterocycles. The van der Waals surface area contributed by atoms with Crippen LogP contribution in [0.5, 0.6) is 0 Å². The summed E-state index contributed by atoms with van der Waals surface area (Å²) in [6, 6.07) is 9.73. The number of ether oxygens (including phenoxy) is 1. The number of hydrogen-bond donors (Lipinski definition) is 0. The lowest BCUT2D eigenvalue weighted by Gasteiger charge is -2.37. The highest BCUT2D eigenvalue weighted by Crippen LogP contribution is 2.32. The van der Waals surface area contributed by atoms with Crippen molar-refractivity contribution in [2.45, 2.75) is 73.5 Å². The second-order valence-electron chi connectivity index (χ2n) is 7.55. The quantitative estimate of drug-likeness (QED) is 0.443. The molecule has 26 heavy (non-hydrogen) atoms. The van der Waals surface area contributed by atoms with Crippen LogP contribution in [0.3, 0.4) is 0 Å². The molecule has 0 saturated carbocycles. The minimum absolute atomic E-state index is 0.111. The molecular formula is C22H35NO3. The number of amides is 1. The summed E-state index contributed by atoms with van der Waals surface area (Å²) < 4.78 is 5.57. The second-order valence-corrected chi connectivity index (χ2v) is 7.55. The number of benzene rings is 1. The van der Waals surface area contributed by atoms with Crippen molar-refractivity contribution >= 4 is 11.9 Å². The molecule has 0 fully saturated rings. The summed E-state index contributed by atoms with van der Waals surface area (Å²) >= 11 is 0. The van der Waals surface area contributed by atoms with Crippen LogP contribution in [0, 0.1) is 11.3 Å². The van der Waals surface area contributed by atoms with Crippen LogP contribution in [0.15, 0.2) is 30.3 Å². The van der Waals surface area contributed by atoms with E-state index in [9.17, 15) is 9.59 Å². The van der Waals surface area contributed by atoms with Gasteiger partial charge in [-0.2, -0.15) is 0 Å². The zero-order chi connectivity index (χ0) is 19.7. The van der Waals surface area contributed by atoms with Crippen molar-refractivity contribution < 1.29 is 14.3 Å². The van der Waals surface area contributed by atoms with Crippen molar-refractivity contribution in [3.63, 3.8) is 0 Å². The van der Waals surface area contributed by atoms with Crippen molar-refractivity contribution in [2.24, 2.45) is 11.3 Å². The molecule has 1 atom stereocenters. The van der Waals surface area contributed by atoms with Crippen molar-refractivity contribution in [1.29, 1.82) is 0 Å². The molecule has 1 amide bonds. The average molecular weight is 362 g/mol. The molecule has 4 heteroatoms. The predicted octanol–water partition coefficient (Wildman–Crippen LogP) is 4.82. The summed E-state index contributed by atoms with van der Waals surface area (Å²) in [6.07, 6.45) is 2.25. The van der Waals surface area contributed by atoms with E-state index in [2.05, 4.69) is 13.8 Å². The molecule has 0 bridgehead atoms. The maximum atomic E-state index is 13.4. The van der Waals surface area contributed by atoms with E-state index in [1.54, 1.807) is 6.92 Å². The van der Waals surface area contributed by atoms with Crippen molar-refractivity contribution in [1.82, 2.24) is 4.90 Å². The average Bonchev–Trinajstić information content (AvgIpc) is 2.63. The van der Waals surface area contributed by atoms with E-state index < -0.39 is 11.4 Å². The van der Waals surface area contributed by atoms with Crippen LogP contribution in [-0.4, -0.2) is 29.4 Å². The van der Waals surface area contributed by atoms with Crippen molar-refractivity contribution in [2.75, 3.05) is 6.54 Å². The fourth-order valence-electron chi connectivity index (χ4n) is 3.57. The highest BCUT2D eigenvalue weighted by Gasteiger charge is 2.46. The van der Waals surface area contributed by atoms with E-state index in [4.69, 9.17) is 4.74 Å². The first-order valence-electron chi connectivity index (χ1n) is 9.82. The van der Waals surface area contributed by atoms with Crippen LogP contribution >= 0.6 is 0 Å². The summed E-state index contributed by atoms with van der Waals surface area (Å²) in [7, 11) is 0. The van der Waals surface area contributed by atoms with Gasteiger partial charge in [-0.05, 0) is 44.6 Å². The van der Waals surface area contributed by atoms with Crippen LogP contribution in [0.25, 0.3) is 0 Å². The first-order valence-corrected chi connectivity index (χ1v) is 9.82. The Morgan fingerprint density at radius 2 is 1.65 bits per heavy atom. The number of carbonyl (C=O) groups is 2. The molecule has 0 unspecified atom stereocenters. The Morgan fingerprint density at radius 3 is 2.12 bits per heavy atom. The predicted molar refractivity (Wildman–Crippen MR) is 106 cm³/mol. The fourth-order valence-corrected chi connectivity index (χ4v) is 3.57. The number of nitrogens with zero attached hydrogens (tertiary/aromatic N) is 1. The number of hydrogen-bond acceptors (Lipinski definition) is 3. The van der Waals surface area contributed by atoms with Gasteiger partial charge in [-0.15, -0.1) is 0 Å². The third-order valence-corrected chi connectivity index (χ3v) is 4.94. The number of esters is 1. The lowest BCUT2D eigenvalue weighted by Crippen LogP contribution is -2.51. The molecule has 0 aromatic heterocycles. The van der Waals surface area contributed by atoms with Gasteiger partial charge in [0, 0.05) is 12.6 Å². The topological polar surface area (TPSA) is 46.6 Å². The Morgan fingerprint density at radius 1 is 1.08 bits per heavy atom. The Hall–Kier alpha value is -1.84. The smallest absolute Gasteiger partial charge is 0.321 e. The van der Waals surface area contributed by atoms with E-state index in [0.717, 1.165) is 18.4 Å². The number of carbonyl (C=O) groups excluding carboxylic acids is 2. The zero-order valence-electron chi connectivity index (χ0n) is 17.2. The van der Waals surface area contributed by atoms with Crippen LogP contribution in [-0.2, 0) is 20.9 Å². The maximum absolute atomic E-state index is 13.4. The van der Waals surface area contributed by atoms with Crippen LogP contribution < -0.4 is 0 Å². The second kappa shape index (κ2) is 10.3. The van der Waals surface area contributed by atoms with E-state index >= 15 is 0 Å². The van der Waals surface area contributed by atoms with Gasteiger partial charge in [0.05, 0.1) is 0 Å². The van der Waals surface area contributed by atoms with Gasteiger partial charge < -0.3 is 9.64 Å². The Kier molecular flexibility index (Phi) is 8.83. The summed E-state index contributed by atoms with van der Waals surface area (Å²) in [4.78, 5) is 28.2. The monoisotopic (exact) mass is 361 g/mol. The van der Waals surface area contributed by atoms with Gasteiger partial charge in [0.1, 0.15) is 12.0 Å². The number of rotatable bonds is 10. The molecule has 146 valence electrons. The van der Waals surface area contributed by atoms with E-state index in [1.807, 2.05) is 56.0 Å². The normalized spacial score (nSPS) is 13.5. The van der Waals surface area contributed by atoms with Gasteiger partial charge in [-0.25, -0.2) is 0 Å². The van der Waals surface area contributed by atoms with E-state index in [-0.39, 0.29) is 24.5 Å². The van der Waals surface area contributed by atoms with Crippen LogP contribution in [0.4, 0.5) is 0 Å². The highest BCUT2D eigenvalue weighted by atomic mass is 16.5. The Labute approximate surface area is 158 Å². The van der Waals surface area contributed by atoms with Crippen LogP contribution in [0.1, 0.15) is 66.4 Å². The first-order chi connectivity index (χ1) is 12.3. The minimum Gasteiger partial charge on any atom is -0.460 e. The zero-order valence-corrected chi connectivity index (χ0v) is 17.2. The van der Waals surface area contributed by atoms with Crippen molar-refractivity contribution in [3.05, 3.63) is 35.9 Å². The molecule has 0 N–H and O–H groups in total. The molecule has 0 saturated heterocycles. The molecule has 0 aliphatic rings. The third kappa shape index (κ3) is 5.58. The molecule has 1 rings (SSSR count). The SMILES string of the molecule is CCC(CC)N(CC)C(=O)[C@@](C)(CC(C)C)C(=O)OCc1ccccc1. The molecule has 0 aliphatic carbocycles. The molecule has 0 heterocycles. The Bertz CT molecular complexity index is 566. The van der Waals surface area contributed by atoms with Gasteiger partial charge in [-0.1, -0.05) is 58.0 Å². The standard InChI is InChI=1S/C22H35NO3/c1-7-19(8-2)23(9-3)20(24)22(6,15-17(4)5)21(25)26-16-18-13-11-10-12-14-18/h10-14,17,19H,7-9,15-16H2,1-6H3/t22-/m1/s1.